The van der Waals surface area contributed by atoms with Crippen LogP contribution in [-0.4, -0.2) is 11.5 Å². The van der Waals surface area contributed by atoms with E-state index in [1.54, 1.807) is 18.2 Å². The van der Waals surface area contributed by atoms with Crippen molar-refractivity contribution in [1.29, 1.82) is 0 Å². The molecule has 0 unspecified atom stereocenters. The predicted molar refractivity (Wildman–Crippen MR) is 83.2 cm³/mol. The van der Waals surface area contributed by atoms with Gasteiger partial charge in [-0.3, -0.25) is 0 Å². The zero-order chi connectivity index (χ0) is 13.8. The second kappa shape index (κ2) is 6.33. The van der Waals surface area contributed by atoms with E-state index < -0.39 is 0 Å². The van der Waals surface area contributed by atoms with Gasteiger partial charge in [0.05, 0.1) is 10.0 Å². The molecule has 0 aliphatic carbocycles. The first-order chi connectivity index (χ1) is 9.10. The molecule has 100 valence electrons. The third-order valence-corrected chi connectivity index (χ3v) is 3.21. The third-order valence-electron chi connectivity index (χ3n) is 2.38. The van der Waals surface area contributed by atoms with Crippen LogP contribution in [0.2, 0.25) is 15.1 Å². The summed E-state index contributed by atoms with van der Waals surface area (Å²) < 4.78 is 0. The average molecular weight is 317 g/mol. The molecular formula is C13H12Cl3N3. The van der Waals surface area contributed by atoms with Gasteiger partial charge < -0.3 is 10.6 Å². The van der Waals surface area contributed by atoms with Crippen LogP contribution >= 0.6 is 34.8 Å². The normalized spacial score (nSPS) is 10.3. The van der Waals surface area contributed by atoms with Gasteiger partial charge in [-0.1, -0.05) is 34.8 Å². The van der Waals surface area contributed by atoms with Gasteiger partial charge in [0.2, 0.25) is 0 Å². The Morgan fingerprint density at radius 1 is 1.00 bits per heavy atom. The Hall–Kier alpha value is -1.16. The molecule has 0 spiro atoms. The van der Waals surface area contributed by atoms with Crippen LogP contribution in [0.3, 0.4) is 0 Å². The Bertz CT molecular complexity index is 570. The van der Waals surface area contributed by atoms with E-state index in [1.807, 2.05) is 19.1 Å². The van der Waals surface area contributed by atoms with Crippen molar-refractivity contribution < 1.29 is 0 Å². The van der Waals surface area contributed by atoms with E-state index in [0.29, 0.717) is 26.7 Å². The van der Waals surface area contributed by atoms with Gasteiger partial charge in [0.15, 0.2) is 5.82 Å². The number of rotatable bonds is 4. The van der Waals surface area contributed by atoms with Crippen molar-refractivity contribution in [3.63, 3.8) is 0 Å². The Balaban J connectivity index is 2.28. The number of hydrogen-bond donors (Lipinski definition) is 2. The smallest absolute Gasteiger partial charge is 0.151 e. The van der Waals surface area contributed by atoms with Gasteiger partial charge in [-0.05, 0) is 37.3 Å². The van der Waals surface area contributed by atoms with Gasteiger partial charge in [0.25, 0.3) is 0 Å². The molecule has 0 aliphatic heterocycles. The quantitative estimate of drug-likeness (QED) is 0.812. The number of nitrogens with one attached hydrogen (secondary N) is 2. The van der Waals surface area contributed by atoms with Crippen LogP contribution in [-0.2, 0) is 0 Å². The molecule has 0 amide bonds. The highest BCUT2D eigenvalue weighted by Gasteiger charge is 2.09. The zero-order valence-electron chi connectivity index (χ0n) is 10.2. The lowest BCUT2D eigenvalue weighted by atomic mass is 10.3. The van der Waals surface area contributed by atoms with Crippen molar-refractivity contribution in [2.24, 2.45) is 0 Å². The van der Waals surface area contributed by atoms with E-state index in [2.05, 4.69) is 15.6 Å². The fourth-order valence-corrected chi connectivity index (χ4v) is 2.11. The first-order valence-electron chi connectivity index (χ1n) is 5.72. The highest BCUT2D eigenvalue weighted by atomic mass is 35.5. The lowest BCUT2D eigenvalue weighted by molar-refractivity contribution is 1.16. The first-order valence-corrected chi connectivity index (χ1v) is 6.86. The minimum atomic E-state index is 0.460. The molecule has 1 aromatic heterocycles. The standard InChI is InChI=1S/C13H12Cl3N3/c1-2-17-12-10(15)7-11(16)13(19-12)18-9-5-3-8(14)4-6-9/h3-7H,2H2,1H3,(H2,17,18,19). The molecule has 0 saturated heterocycles. The summed E-state index contributed by atoms with van der Waals surface area (Å²) in [6.07, 6.45) is 0. The number of aromatic nitrogens is 1. The number of halogens is 3. The minimum Gasteiger partial charge on any atom is -0.369 e. The number of anilines is 3. The Labute approximate surface area is 126 Å². The molecular weight excluding hydrogens is 305 g/mol. The van der Waals surface area contributed by atoms with Crippen LogP contribution in [0.25, 0.3) is 0 Å². The first kappa shape index (κ1) is 14.3. The molecule has 0 atom stereocenters. The van der Waals surface area contributed by atoms with Crippen molar-refractivity contribution in [3.05, 3.63) is 45.4 Å². The maximum absolute atomic E-state index is 6.12. The molecule has 3 nitrogen and oxygen atoms in total. The number of nitrogens with zero attached hydrogens (tertiary/aromatic N) is 1. The third kappa shape index (κ3) is 3.66. The molecule has 6 heteroatoms. The highest BCUT2D eigenvalue weighted by Crippen LogP contribution is 2.31. The fraction of sp³-hybridized carbons (Fsp3) is 0.154. The van der Waals surface area contributed by atoms with E-state index >= 15 is 0 Å². The molecule has 19 heavy (non-hydrogen) atoms. The molecule has 2 N–H and O–H groups in total. The summed E-state index contributed by atoms with van der Waals surface area (Å²) in [5.41, 5.74) is 0.851. The molecule has 0 aliphatic rings. The van der Waals surface area contributed by atoms with Crippen LogP contribution in [0.4, 0.5) is 17.3 Å². The van der Waals surface area contributed by atoms with Gasteiger partial charge in [-0.2, -0.15) is 0 Å². The predicted octanol–water partition coefficient (Wildman–Crippen LogP) is 5.22. The number of hydrogen-bond acceptors (Lipinski definition) is 3. The summed E-state index contributed by atoms with van der Waals surface area (Å²) in [5, 5.41) is 7.83. The summed E-state index contributed by atoms with van der Waals surface area (Å²) in [7, 11) is 0. The van der Waals surface area contributed by atoms with Crippen molar-refractivity contribution in [1.82, 2.24) is 4.98 Å². The van der Waals surface area contributed by atoms with Crippen molar-refractivity contribution in [2.45, 2.75) is 6.92 Å². The van der Waals surface area contributed by atoms with Crippen LogP contribution in [0.15, 0.2) is 30.3 Å². The van der Waals surface area contributed by atoms with E-state index in [-0.39, 0.29) is 0 Å². The van der Waals surface area contributed by atoms with Crippen molar-refractivity contribution in [2.75, 3.05) is 17.2 Å². The lowest BCUT2D eigenvalue weighted by Crippen LogP contribution is -2.03. The van der Waals surface area contributed by atoms with Crippen LogP contribution < -0.4 is 10.6 Å². The van der Waals surface area contributed by atoms with E-state index in [9.17, 15) is 0 Å². The van der Waals surface area contributed by atoms with Gasteiger partial charge in [0, 0.05) is 17.3 Å². The van der Waals surface area contributed by atoms with Crippen molar-refractivity contribution >= 4 is 52.1 Å². The van der Waals surface area contributed by atoms with Crippen LogP contribution in [0, 0.1) is 0 Å². The monoisotopic (exact) mass is 315 g/mol. The average Bonchev–Trinajstić information content (AvgIpc) is 2.38. The van der Waals surface area contributed by atoms with Gasteiger partial charge in [-0.15, -0.1) is 0 Å². The molecule has 2 aromatic rings. The summed E-state index contributed by atoms with van der Waals surface area (Å²) in [6.45, 7) is 2.70. The molecule has 0 radical (unpaired) electrons. The Morgan fingerprint density at radius 3 is 2.26 bits per heavy atom. The van der Waals surface area contributed by atoms with E-state index in [4.69, 9.17) is 34.8 Å². The number of benzene rings is 1. The topological polar surface area (TPSA) is 37.0 Å². The molecule has 0 saturated carbocycles. The van der Waals surface area contributed by atoms with Gasteiger partial charge >= 0.3 is 0 Å². The fourth-order valence-electron chi connectivity index (χ4n) is 1.52. The summed E-state index contributed by atoms with van der Waals surface area (Å²) in [6, 6.07) is 8.94. The van der Waals surface area contributed by atoms with Crippen LogP contribution in [0.5, 0.6) is 0 Å². The minimum absolute atomic E-state index is 0.460. The maximum atomic E-state index is 6.12. The molecule has 1 heterocycles. The summed E-state index contributed by atoms with van der Waals surface area (Å²) in [5.74, 6) is 1.15. The molecule has 2 rings (SSSR count). The van der Waals surface area contributed by atoms with E-state index in [0.717, 1.165) is 12.2 Å². The second-order valence-corrected chi connectivity index (χ2v) is 5.06. The van der Waals surface area contributed by atoms with E-state index in [1.165, 1.54) is 0 Å². The summed E-state index contributed by atoms with van der Waals surface area (Å²) in [4.78, 5) is 4.36. The zero-order valence-corrected chi connectivity index (χ0v) is 12.4. The second-order valence-electron chi connectivity index (χ2n) is 3.81. The summed E-state index contributed by atoms with van der Waals surface area (Å²) >= 11 is 18.0. The maximum Gasteiger partial charge on any atom is 0.151 e. The van der Waals surface area contributed by atoms with Gasteiger partial charge in [0.1, 0.15) is 5.82 Å². The lowest BCUT2D eigenvalue weighted by Gasteiger charge is -2.11. The molecule has 0 fully saturated rings. The highest BCUT2D eigenvalue weighted by molar-refractivity contribution is 6.37. The largest absolute Gasteiger partial charge is 0.369 e. The Morgan fingerprint density at radius 2 is 1.63 bits per heavy atom. The molecule has 1 aromatic carbocycles. The van der Waals surface area contributed by atoms with Gasteiger partial charge in [-0.25, -0.2) is 4.98 Å². The number of pyridine rings is 1. The van der Waals surface area contributed by atoms with Crippen LogP contribution in [0.1, 0.15) is 6.92 Å². The Kier molecular flexibility index (Phi) is 4.75. The van der Waals surface area contributed by atoms with Crippen molar-refractivity contribution in [3.8, 4) is 0 Å². The molecule has 0 bridgehead atoms. The SMILES string of the molecule is CCNc1nc(Nc2ccc(Cl)cc2)c(Cl)cc1Cl.